The van der Waals surface area contributed by atoms with Crippen molar-refractivity contribution < 1.29 is 9.59 Å². The van der Waals surface area contributed by atoms with E-state index in [1.807, 2.05) is 32.9 Å². The third-order valence-corrected chi connectivity index (χ3v) is 5.15. The molecule has 1 aliphatic rings. The molecule has 0 atom stereocenters. The maximum absolute atomic E-state index is 12.2. The Labute approximate surface area is 162 Å². The molecule has 9 heteroatoms. The third-order valence-electron chi connectivity index (χ3n) is 4.20. The maximum Gasteiger partial charge on any atom is 0.234 e. The predicted molar refractivity (Wildman–Crippen MR) is 106 cm³/mol. The summed E-state index contributed by atoms with van der Waals surface area (Å²) in [5.74, 6) is 6.84. The number of nitrogens with zero attached hydrogens (tertiary/aromatic N) is 4. The summed E-state index contributed by atoms with van der Waals surface area (Å²) in [5.41, 5.74) is 1.32. The van der Waals surface area contributed by atoms with Crippen molar-refractivity contribution in [3.8, 4) is 0 Å². The Kier molecular flexibility index (Phi) is 5.41. The van der Waals surface area contributed by atoms with Gasteiger partial charge in [-0.3, -0.25) is 9.59 Å². The largest absolute Gasteiger partial charge is 0.336 e. The van der Waals surface area contributed by atoms with Crippen molar-refractivity contribution in [3.05, 3.63) is 30.1 Å². The number of hydrogen-bond donors (Lipinski definition) is 2. The molecule has 3 rings (SSSR count). The van der Waals surface area contributed by atoms with Crippen LogP contribution in [0.5, 0.6) is 0 Å². The first-order valence-corrected chi connectivity index (χ1v) is 9.78. The highest BCUT2D eigenvalue weighted by molar-refractivity contribution is 7.99. The first-order valence-electron chi connectivity index (χ1n) is 8.80. The van der Waals surface area contributed by atoms with Gasteiger partial charge < -0.3 is 16.1 Å². The zero-order chi connectivity index (χ0) is 19.6. The number of anilines is 2. The molecule has 1 fully saturated rings. The van der Waals surface area contributed by atoms with Gasteiger partial charge in [0, 0.05) is 29.8 Å². The van der Waals surface area contributed by atoms with Gasteiger partial charge in [0.25, 0.3) is 0 Å². The number of nitrogens with two attached hydrogens (primary N) is 1. The van der Waals surface area contributed by atoms with E-state index >= 15 is 0 Å². The Bertz CT molecular complexity index is 841. The summed E-state index contributed by atoms with van der Waals surface area (Å²) < 4.78 is 1.43. The maximum atomic E-state index is 12.2. The molecule has 1 aromatic heterocycles. The summed E-state index contributed by atoms with van der Waals surface area (Å²) in [5, 5.41) is 11.5. The molecule has 1 saturated heterocycles. The lowest BCUT2D eigenvalue weighted by atomic mass is 9.96. The standard InChI is InChI=1S/C18H24N6O2S/c1-18(2,3)16-21-22-17(24(16)19)27-11-14(25)20-12-6-8-13(9-7-12)23-10-4-5-15(23)26/h6-9H,4-5,10-11,19H2,1-3H3,(H,20,25). The number of carbonyl (C=O) groups excluding carboxylic acids is 2. The number of nitrogens with one attached hydrogen (secondary N) is 1. The molecule has 0 radical (unpaired) electrons. The molecule has 1 aliphatic heterocycles. The first kappa shape index (κ1) is 19.2. The topological polar surface area (TPSA) is 106 Å². The minimum Gasteiger partial charge on any atom is -0.336 e. The molecule has 8 nitrogen and oxygen atoms in total. The molecule has 27 heavy (non-hydrogen) atoms. The minimum atomic E-state index is -0.221. The summed E-state index contributed by atoms with van der Waals surface area (Å²) in [7, 11) is 0. The van der Waals surface area contributed by atoms with Crippen molar-refractivity contribution in [3.63, 3.8) is 0 Å². The second-order valence-corrected chi connectivity index (χ2v) is 8.40. The van der Waals surface area contributed by atoms with Crippen LogP contribution in [-0.4, -0.2) is 39.0 Å². The van der Waals surface area contributed by atoms with Gasteiger partial charge in [0.1, 0.15) is 0 Å². The second kappa shape index (κ2) is 7.59. The molecule has 2 aromatic rings. The van der Waals surface area contributed by atoms with Crippen molar-refractivity contribution in [1.29, 1.82) is 0 Å². The quantitative estimate of drug-likeness (QED) is 0.600. The molecule has 2 amide bonds. The van der Waals surface area contributed by atoms with Crippen molar-refractivity contribution in [2.75, 3.05) is 28.4 Å². The van der Waals surface area contributed by atoms with Crippen LogP contribution in [0.15, 0.2) is 29.4 Å². The average Bonchev–Trinajstić information content (AvgIpc) is 3.19. The molecular weight excluding hydrogens is 364 g/mol. The van der Waals surface area contributed by atoms with Gasteiger partial charge in [-0.05, 0) is 30.7 Å². The summed E-state index contributed by atoms with van der Waals surface area (Å²) >= 11 is 1.23. The van der Waals surface area contributed by atoms with E-state index in [4.69, 9.17) is 5.84 Å². The molecule has 0 bridgehead atoms. The number of aromatic nitrogens is 3. The molecule has 144 valence electrons. The van der Waals surface area contributed by atoms with Crippen LogP contribution in [0.2, 0.25) is 0 Å². The lowest BCUT2D eigenvalue weighted by molar-refractivity contribution is -0.117. The van der Waals surface area contributed by atoms with Gasteiger partial charge in [0.15, 0.2) is 5.82 Å². The van der Waals surface area contributed by atoms with E-state index in [2.05, 4.69) is 15.5 Å². The van der Waals surface area contributed by atoms with Gasteiger partial charge in [-0.2, -0.15) is 0 Å². The number of hydrogen-bond acceptors (Lipinski definition) is 6. The number of benzene rings is 1. The van der Waals surface area contributed by atoms with Gasteiger partial charge in [-0.15, -0.1) is 10.2 Å². The van der Waals surface area contributed by atoms with Crippen LogP contribution in [0.3, 0.4) is 0 Å². The fourth-order valence-corrected chi connectivity index (χ4v) is 3.52. The van der Waals surface area contributed by atoms with Crippen LogP contribution in [0, 0.1) is 0 Å². The van der Waals surface area contributed by atoms with E-state index in [1.165, 1.54) is 16.4 Å². The summed E-state index contributed by atoms with van der Waals surface area (Å²) in [6.45, 7) is 6.75. The SMILES string of the molecule is CC(C)(C)c1nnc(SCC(=O)Nc2ccc(N3CCCC3=O)cc2)n1N. The smallest absolute Gasteiger partial charge is 0.234 e. The summed E-state index contributed by atoms with van der Waals surface area (Å²) in [6.07, 6.45) is 1.48. The fourth-order valence-electron chi connectivity index (χ4n) is 2.86. The number of rotatable bonds is 5. The molecule has 1 aromatic carbocycles. The third kappa shape index (κ3) is 4.41. The van der Waals surface area contributed by atoms with Crippen molar-refractivity contribution in [2.45, 2.75) is 44.2 Å². The second-order valence-electron chi connectivity index (χ2n) is 7.46. The highest BCUT2D eigenvalue weighted by atomic mass is 32.2. The fraction of sp³-hybridized carbons (Fsp3) is 0.444. The van der Waals surface area contributed by atoms with Crippen LogP contribution in [0.4, 0.5) is 11.4 Å². The molecule has 2 heterocycles. The van der Waals surface area contributed by atoms with Crippen LogP contribution in [0.1, 0.15) is 39.4 Å². The normalized spacial score (nSPS) is 14.6. The van der Waals surface area contributed by atoms with Crippen molar-refractivity contribution in [2.24, 2.45) is 0 Å². The van der Waals surface area contributed by atoms with E-state index in [-0.39, 0.29) is 23.0 Å². The zero-order valence-electron chi connectivity index (χ0n) is 15.7. The Morgan fingerprint density at radius 1 is 1.26 bits per heavy atom. The molecule has 0 saturated carbocycles. The highest BCUT2D eigenvalue weighted by Crippen LogP contribution is 2.25. The van der Waals surface area contributed by atoms with Gasteiger partial charge in [0.2, 0.25) is 17.0 Å². The van der Waals surface area contributed by atoms with E-state index in [0.29, 0.717) is 23.1 Å². The molecule has 0 unspecified atom stereocenters. The Balaban J connectivity index is 1.55. The number of amides is 2. The Morgan fingerprint density at radius 2 is 1.96 bits per heavy atom. The summed E-state index contributed by atoms with van der Waals surface area (Å²) in [4.78, 5) is 25.7. The molecule has 3 N–H and O–H groups in total. The zero-order valence-corrected chi connectivity index (χ0v) is 16.5. The van der Waals surface area contributed by atoms with Crippen molar-refractivity contribution >= 4 is 35.0 Å². The van der Waals surface area contributed by atoms with E-state index in [0.717, 1.165) is 18.7 Å². The monoisotopic (exact) mass is 388 g/mol. The first-order chi connectivity index (χ1) is 12.8. The van der Waals surface area contributed by atoms with Crippen LogP contribution in [-0.2, 0) is 15.0 Å². The van der Waals surface area contributed by atoms with Crippen molar-refractivity contribution in [1.82, 2.24) is 14.9 Å². The molecular formula is C18H24N6O2S. The van der Waals surface area contributed by atoms with Crippen LogP contribution >= 0.6 is 11.8 Å². The minimum absolute atomic E-state index is 0.142. The van der Waals surface area contributed by atoms with E-state index in [9.17, 15) is 9.59 Å². The highest BCUT2D eigenvalue weighted by Gasteiger charge is 2.23. The van der Waals surface area contributed by atoms with Crippen LogP contribution < -0.4 is 16.1 Å². The number of thioether (sulfide) groups is 1. The lowest BCUT2D eigenvalue weighted by Crippen LogP contribution is -2.24. The van der Waals surface area contributed by atoms with Gasteiger partial charge in [0.05, 0.1) is 5.75 Å². The van der Waals surface area contributed by atoms with Gasteiger partial charge in [-0.1, -0.05) is 32.5 Å². The number of carbonyl (C=O) groups is 2. The Hall–Kier alpha value is -2.55. The average molecular weight is 388 g/mol. The van der Waals surface area contributed by atoms with E-state index < -0.39 is 0 Å². The van der Waals surface area contributed by atoms with Gasteiger partial charge in [-0.25, -0.2) is 4.68 Å². The molecule has 0 aliphatic carbocycles. The molecule has 0 spiro atoms. The van der Waals surface area contributed by atoms with Gasteiger partial charge >= 0.3 is 0 Å². The Morgan fingerprint density at radius 3 is 2.52 bits per heavy atom. The van der Waals surface area contributed by atoms with Crippen LogP contribution in [0.25, 0.3) is 0 Å². The lowest BCUT2D eigenvalue weighted by Gasteiger charge is -2.16. The predicted octanol–water partition coefficient (Wildman–Crippen LogP) is 2.15. The number of nitrogen functional groups attached to an aromatic ring is 1. The summed E-state index contributed by atoms with van der Waals surface area (Å²) in [6, 6.07) is 7.29. The van der Waals surface area contributed by atoms with E-state index in [1.54, 1.807) is 17.0 Å².